The lowest BCUT2D eigenvalue weighted by Gasteiger charge is -2.28. The zero-order valence-corrected chi connectivity index (χ0v) is 14.1. The lowest BCUT2D eigenvalue weighted by molar-refractivity contribution is 0.284. The van der Waals surface area contributed by atoms with E-state index in [-0.39, 0.29) is 30.6 Å². The summed E-state index contributed by atoms with van der Waals surface area (Å²) in [7, 11) is 2.06. The summed E-state index contributed by atoms with van der Waals surface area (Å²) in [5, 5.41) is 13.0. The Morgan fingerprint density at radius 3 is 2.89 bits per heavy atom. The van der Waals surface area contributed by atoms with Crippen LogP contribution < -0.4 is 10.2 Å². The number of nitrogens with one attached hydrogen (secondary N) is 1. The summed E-state index contributed by atoms with van der Waals surface area (Å²) in [4.78, 5) is 2.18. The number of benzene rings is 1. The number of aliphatic hydroxyl groups is 1. The van der Waals surface area contributed by atoms with Gasteiger partial charge in [0.15, 0.2) is 0 Å². The molecule has 0 bridgehead atoms. The van der Waals surface area contributed by atoms with Gasteiger partial charge in [-0.1, -0.05) is 11.6 Å². The molecular formula is C14H20ClIN2O. The van der Waals surface area contributed by atoms with Gasteiger partial charge in [-0.15, -0.1) is 24.0 Å². The van der Waals surface area contributed by atoms with Crippen molar-refractivity contribution in [1.82, 2.24) is 5.32 Å². The number of aliphatic hydroxyl groups excluding tert-OH is 1. The van der Waals surface area contributed by atoms with E-state index in [0.717, 1.165) is 42.3 Å². The number of anilines is 1. The van der Waals surface area contributed by atoms with Gasteiger partial charge in [-0.05, 0) is 37.1 Å². The van der Waals surface area contributed by atoms with Crippen LogP contribution in [0.15, 0.2) is 24.3 Å². The molecule has 0 radical (unpaired) electrons. The number of hydrogen-bond acceptors (Lipinski definition) is 3. The largest absolute Gasteiger partial charge is 0.396 e. The highest BCUT2D eigenvalue weighted by molar-refractivity contribution is 14.0. The predicted octanol–water partition coefficient (Wildman–Crippen LogP) is 3.11. The minimum Gasteiger partial charge on any atom is -0.396 e. The molecule has 106 valence electrons. The molecule has 2 N–H and O–H groups in total. The lowest BCUT2D eigenvalue weighted by atomic mass is 10.0. The first-order chi connectivity index (χ1) is 8.72. The fraction of sp³-hybridized carbons (Fsp3) is 0.429. The SMILES string of the molecule is CN1CC=C(NCCCCO)c2ccc(Cl)cc21.I. The predicted molar refractivity (Wildman–Crippen MR) is 92.4 cm³/mol. The average Bonchev–Trinajstić information content (AvgIpc) is 2.37. The summed E-state index contributed by atoms with van der Waals surface area (Å²) in [5.74, 6) is 0. The summed E-state index contributed by atoms with van der Waals surface area (Å²) < 4.78 is 0. The van der Waals surface area contributed by atoms with E-state index in [1.165, 1.54) is 5.56 Å². The average molecular weight is 395 g/mol. The van der Waals surface area contributed by atoms with Crippen molar-refractivity contribution in [3.8, 4) is 0 Å². The van der Waals surface area contributed by atoms with Crippen molar-refractivity contribution in [3.63, 3.8) is 0 Å². The van der Waals surface area contributed by atoms with Gasteiger partial charge in [-0.2, -0.15) is 0 Å². The Morgan fingerprint density at radius 1 is 1.37 bits per heavy atom. The maximum absolute atomic E-state index is 8.76. The Balaban J connectivity index is 0.00000180. The van der Waals surface area contributed by atoms with E-state index < -0.39 is 0 Å². The Hall–Kier alpha value is -0.460. The molecule has 1 aromatic rings. The Labute approximate surface area is 136 Å². The minimum absolute atomic E-state index is 0. The van der Waals surface area contributed by atoms with Crippen molar-refractivity contribution in [2.24, 2.45) is 0 Å². The number of hydrogen-bond donors (Lipinski definition) is 2. The molecule has 2 rings (SSSR count). The van der Waals surface area contributed by atoms with Crippen molar-refractivity contribution in [2.75, 3.05) is 31.6 Å². The summed E-state index contributed by atoms with van der Waals surface area (Å²) in [6.45, 7) is 2.03. The van der Waals surface area contributed by atoms with Crippen LogP contribution in [0.1, 0.15) is 18.4 Å². The second kappa shape index (κ2) is 7.97. The zero-order valence-electron chi connectivity index (χ0n) is 11.0. The fourth-order valence-electron chi connectivity index (χ4n) is 2.11. The lowest BCUT2D eigenvalue weighted by Crippen LogP contribution is -2.26. The molecule has 1 aromatic carbocycles. The highest BCUT2D eigenvalue weighted by atomic mass is 127. The standard InChI is InChI=1S/C14H19ClN2O.HI/c1-17-8-6-13(16-7-2-3-9-18)12-5-4-11(15)10-14(12)17;/h4-6,10,16,18H,2-3,7-9H2,1H3;1H. The number of nitrogens with zero attached hydrogens (tertiary/aromatic N) is 1. The first kappa shape index (κ1) is 16.6. The van der Waals surface area contributed by atoms with Crippen molar-refractivity contribution in [1.29, 1.82) is 0 Å². The van der Waals surface area contributed by atoms with Crippen LogP contribution in [0, 0.1) is 0 Å². The summed E-state index contributed by atoms with van der Waals surface area (Å²) in [6.07, 6.45) is 4.01. The van der Waals surface area contributed by atoms with Crippen LogP contribution in [0.2, 0.25) is 5.02 Å². The molecule has 1 aliphatic rings. The molecule has 0 unspecified atom stereocenters. The second-order valence-corrected chi connectivity index (χ2v) is 4.95. The number of halogens is 2. The van der Waals surface area contributed by atoms with Crippen molar-refractivity contribution >= 4 is 47.0 Å². The van der Waals surface area contributed by atoms with E-state index in [2.05, 4.69) is 29.4 Å². The third-order valence-corrected chi connectivity index (χ3v) is 3.37. The number of unbranched alkanes of at least 4 members (excludes halogenated alkanes) is 1. The zero-order chi connectivity index (χ0) is 13.0. The first-order valence-electron chi connectivity index (χ1n) is 6.28. The fourth-order valence-corrected chi connectivity index (χ4v) is 2.28. The molecule has 0 saturated carbocycles. The third-order valence-electron chi connectivity index (χ3n) is 3.13. The van der Waals surface area contributed by atoms with Crippen LogP contribution in [0.4, 0.5) is 5.69 Å². The third kappa shape index (κ3) is 4.26. The molecule has 0 aromatic heterocycles. The highest BCUT2D eigenvalue weighted by Crippen LogP contribution is 2.31. The van der Waals surface area contributed by atoms with Gasteiger partial charge in [-0.25, -0.2) is 0 Å². The van der Waals surface area contributed by atoms with E-state index >= 15 is 0 Å². The molecule has 3 nitrogen and oxygen atoms in total. The Kier molecular flexibility index (Phi) is 6.96. The van der Waals surface area contributed by atoms with Gasteiger partial charge in [0.25, 0.3) is 0 Å². The van der Waals surface area contributed by atoms with Crippen molar-refractivity contribution in [3.05, 3.63) is 34.9 Å². The van der Waals surface area contributed by atoms with Crippen molar-refractivity contribution < 1.29 is 5.11 Å². The van der Waals surface area contributed by atoms with Gasteiger partial charge in [0, 0.05) is 48.7 Å². The van der Waals surface area contributed by atoms with Gasteiger partial charge in [-0.3, -0.25) is 0 Å². The monoisotopic (exact) mass is 394 g/mol. The van der Waals surface area contributed by atoms with Crippen molar-refractivity contribution in [2.45, 2.75) is 12.8 Å². The van der Waals surface area contributed by atoms with Gasteiger partial charge >= 0.3 is 0 Å². The van der Waals surface area contributed by atoms with Crippen LogP contribution in [-0.4, -0.2) is 31.9 Å². The van der Waals surface area contributed by atoms with Gasteiger partial charge in [0.2, 0.25) is 0 Å². The Bertz CT molecular complexity index is 451. The van der Waals surface area contributed by atoms with E-state index in [0.29, 0.717) is 0 Å². The molecule has 5 heteroatoms. The normalized spacial score (nSPS) is 13.4. The maximum atomic E-state index is 8.76. The van der Waals surface area contributed by atoms with Gasteiger partial charge in [0.05, 0.1) is 0 Å². The maximum Gasteiger partial charge on any atom is 0.0475 e. The topological polar surface area (TPSA) is 35.5 Å². The van der Waals surface area contributed by atoms with E-state index in [1.54, 1.807) is 0 Å². The van der Waals surface area contributed by atoms with Crippen LogP contribution >= 0.6 is 35.6 Å². The molecule has 0 spiro atoms. The molecule has 0 fully saturated rings. The van der Waals surface area contributed by atoms with E-state index in [9.17, 15) is 0 Å². The highest BCUT2D eigenvalue weighted by Gasteiger charge is 2.15. The minimum atomic E-state index is 0. The Morgan fingerprint density at radius 2 is 2.16 bits per heavy atom. The summed E-state index contributed by atoms with van der Waals surface area (Å²) >= 11 is 6.04. The number of rotatable bonds is 5. The smallest absolute Gasteiger partial charge is 0.0475 e. The molecule has 0 saturated heterocycles. The molecule has 1 heterocycles. The molecular weight excluding hydrogens is 375 g/mol. The van der Waals surface area contributed by atoms with E-state index in [1.807, 2.05) is 12.1 Å². The van der Waals surface area contributed by atoms with Crippen LogP contribution in [-0.2, 0) is 0 Å². The number of fused-ring (bicyclic) bond motifs is 1. The molecule has 19 heavy (non-hydrogen) atoms. The second-order valence-electron chi connectivity index (χ2n) is 4.52. The van der Waals surface area contributed by atoms with E-state index in [4.69, 9.17) is 16.7 Å². The first-order valence-corrected chi connectivity index (χ1v) is 6.66. The summed E-state index contributed by atoms with van der Waals surface area (Å²) in [5.41, 5.74) is 3.52. The van der Waals surface area contributed by atoms with Crippen LogP contribution in [0.3, 0.4) is 0 Å². The van der Waals surface area contributed by atoms with Crippen LogP contribution in [0.5, 0.6) is 0 Å². The van der Waals surface area contributed by atoms with Gasteiger partial charge in [0.1, 0.15) is 0 Å². The quantitative estimate of drug-likeness (QED) is 0.595. The van der Waals surface area contributed by atoms with Crippen LogP contribution in [0.25, 0.3) is 5.70 Å². The summed E-state index contributed by atoms with van der Waals surface area (Å²) in [6, 6.07) is 5.97. The molecule has 1 aliphatic heterocycles. The molecule has 0 amide bonds. The molecule has 0 atom stereocenters. The van der Waals surface area contributed by atoms with Gasteiger partial charge < -0.3 is 15.3 Å². The number of likely N-dealkylation sites (N-methyl/N-ethyl adjacent to an activating group) is 1. The molecule has 0 aliphatic carbocycles.